The SMILES string of the molecule is CCOC(=O)c1sc2ccnc(OC)c2c1C=O. The summed E-state index contributed by atoms with van der Waals surface area (Å²) in [6.07, 6.45) is 2.20. The standard InChI is InChI=1S/C12H11NO4S/c1-3-17-12(15)10-7(6-14)9-8(18-10)4-5-13-11(9)16-2/h4-6H,3H2,1-2H3. The summed E-state index contributed by atoms with van der Waals surface area (Å²) in [7, 11) is 1.47. The van der Waals surface area contributed by atoms with Crippen LogP contribution in [0.2, 0.25) is 0 Å². The fraction of sp³-hybridized carbons (Fsp3) is 0.250. The zero-order chi connectivity index (χ0) is 13.1. The van der Waals surface area contributed by atoms with Crippen molar-refractivity contribution < 1.29 is 19.1 Å². The van der Waals surface area contributed by atoms with Crippen molar-refractivity contribution in [3.63, 3.8) is 0 Å². The third-order valence-electron chi connectivity index (χ3n) is 2.38. The first-order valence-electron chi connectivity index (χ1n) is 5.30. The minimum atomic E-state index is -0.497. The fourth-order valence-electron chi connectivity index (χ4n) is 1.65. The molecule has 0 aromatic carbocycles. The number of carbonyl (C=O) groups is 2. The third-order valence-corrected chi connectivity index (χ3v) is 3.53. The van der Waals surface area contributed by atoms with Crippen LogP contribution in [0.1, 0.15) is 27.0 Å². The minimum absolute atomic E-state index is 0.265. The van der Waals surface area contributed by atoms with E-state index in [2.05, 4.69) is 4.98 Å². The average molecular weight is 265 g/mol. The van der Waals surface area contributed by atoms with Gasteiger partial charge in [-0.1, -0.05) is 0 Å². The number of aromatic nitrogens is 1. The van der Waals surface area contributed by atoms with E-state index in [9.17, 15) is 9.59 Å². The van der Waals surface area contributed by atoms with Crippen molar-refractivity contribution in [3.05, 3.63) is 22.7 Å². The first-order chi connectivity index (χ1) is 8.72. The number of esters is 1. The van der Waals surface area contributed by atoms with Gasteiger partial charge in [-0.15, -0.1) is 11.3 Å². The molecule has 0 fully saturated rings. The van der Waals surface area contributed by atoms with Gasteiger partial charge in [0.2, 0.25) is 5.88 Å². The van der Waals surface area contributed by atoms with Crippen LogP contribution in [0, 0.1) is 0 Å². The molecule has 0 bridgehead atoms. The lowest BCUT2D eigenvalue weighted by Crippen LogP contribution is -2.04. The number of hydrogen-bond donors (Lipinski definition) is 0. The number of thiophene rings is 1. The molecule has 94 valence electrons. The highest BCUT2D eigenvalue weighted by Gasteiger charge is 2.21. The summed E-state index contributed by atoms with van der Waals surface area (Å²) in [5, 5.41) is 0.558. The van der Waals surface area contributed by atoms with Gasteiger partial charge < -0.3 is 9.47 Å². The second-order valence-electron chi connectivity index (χ2n) is 3.38. The lowest BCUT2D eigenvalue weighted by molar-refractivity contribution is 0.0530. The smallest absolute Gasteiger partial charge is 0.349 e. The van der Waals surface area contributed by atoms with Crippen molar-refractivity contribution >= 4 is 33.7 Å². The lowest BCUT2D eigenvalue weighted by atomic mass is 10.2. The normalized spacial score (nSPS) is 10.3. The van der Waals surface area contributed by atoms with Crippen LogP contribution in [0.4, 0.5) is 0 Å². The summed E-state index contributed by atoms with van der Waals surface area (Å²) in [5.41, 5.74) is 0.276. The number of pyridine rings is 1. The second kappa shape index (κ2) is 5.14. The van der Waals surface area contributed by atoms with Crippen LogP contribution in [0.25, 0.3) is 10.1 Å². The number of methoxy groups -OCH3 is 1. The van der Waals surface area contributed by atoms with Gasteiger partial charge in [0.15, 0.2) is 6.29 Å². The maximum atomic E-state index is 11.8. The van der Waals surface area contributed by atoms with Gasteiger partial charge in [0.25, 0.3) is 0 Å². The highest BCUT2D eigenvalue weighted by molar-refractivity contribution is 7.21. The maximum absolute atomic E-state index is 11.8. The highest BCUT2D eigenvalue weighted by Crippen LogP contribution is 2.35. The van der Waals surface area contributed by atoms with Gasteiger partial charge in [-0.25, -0.2) is 9.78 Å². The van der Waals surface area contributed by atoms with Gasteiger partial charge in [-0.05, 0) is 13.0 Å². The maximum Gasteiger partial charge on any atom is 0.349 e. The monoisotopic (exact) mass is 265 g/mol. The quantitative estimate of drug-likeness (QED) is 0.627. The molecule has 2 heterocycles. The number of ether oxygens (including phenoxy) is 2. The van der Waals surface area contributed by atoms with Crippen LogP contribution in [0.3, 0.4) is 0 Å². The van der Waals surface area contributed by atoms with Crippen molar-refractivity contribution in [2.45, 2.75) is 6.92 Å². The molecule has 0 spiro atoms. The minimum Gasteiger partial charge on any atom is -0.481 e. The summed E-state index contributed by atoms with van der Waals surface area (Å²) >= 11 is 1.20. The van der Waals surface area contributed by atoms with E-state index in [0.29, 0.717) is 17.6 Å². The van der Waals surface area contributed by atoms with Crippen LogP contribution < -0.4 is 4.74 Å². The molecule has 6 heteroatoms. The molecule has 18 heavy (non-hydrogen) atoms. The van der Waals surface area contributed by atoms with E-state index in [1.165, 1.54) is 18.4 Å². The van der Waals surface area contributed by atoms with Crippen molar-refractivity contribution in [2.75, 3.05) is 13.7 Å². The van der Waals surface area contributed by atoms with E-state index in [-0.39, 0.29) is 17.0 Å². The molecular weight excluding hydrogens is 254 g/mol. The first kappa shape index (κ1) is 12.5. The van der Waals surface area contributed by atoms with E-state index in [1.807, 2.05) is 0 Å². The van der Waals surface area contributed by atoms with Crippen LogP contribution in [0.5, 0.6) is 5.88 Å². The Kier molecular flexibility index (Phi) is 3.57. The van der Waals surface area contributed by atoms with Gasteiger partial charge in [0.05, 0.1) is 24.7 Å². The molecule has 0 N–H and O–H groups in total. The van der Waals surface area contributed by atoms with Crippen LogP contribution >= 0.6 is 11.3 Å². The van der Waals surface area contributed by atoms with E-state index in [0.717, 1.165) is 4.70 Å². The number of rotatable bonds is 4. The molecule has 5 nitrogen and oxygen atoms in total. The van der Waals surface area contributed by atoms with Gasteiger partial charge >= 0.3 is 5.97 Å². The van der Waals surface area contributed by atoms with Gasteiger partial charge in [0.1, 0.15) is 4.88 Å². The summed E-state index contributed by atoms with van der Waals surface area (Å²) in [5.74, 6) is -0.163. The molecule has 0 saturated carbocycles. The Balaban J connectivity index is 2.69. The Morgan fingerprint density at radius 2 is 2.33 bits per heavy atom. The Labute approximate surface area is 107 Å². The van der Waals surface area contributed by atoms with Crippen LogP contribution in [-0.4, -0.2) is 31.0 Å². The van der Waals surface area contributed by atoms with Crippen molar-refractivity contribution in [1.82, 2.24) is 4.98 Å². The highest BCUT2D eigenvalue weighted by atomic mass is 32.1. The zero-order valence-corrected chi connectivity index (χ0v) is 10.7. The van der Waals surface area contributed by atoms with Crippen molar-refractivity contribution in [1.29, 1.82) is 0 Å². The fourth-order valence-corrected chi connectivity index (χ4v) is 2.70. The second-order valence-corrected chi connectivity index (χ2v) is 4.43. The van der Waals surface area contributed by atoms with E-state index in [4.69, 9.17) is 9.47 Å². The first-order valence-corrected chi connectivity index (χ1v) is 6.12. The Morgan fingerprint density at radius 1 is 1.56 bits per heavy atom. The summed E-state index contributed by atoms with van der Waals surface area (Å²) in [6.45, 7) is 1.98. The molecule has 0 saturated heterocycles. The number of aldehydes is 1. The summed E-state index contributed by atoms with van der Waals surface area (Å²) < 4.78 is 10.8. The van der Waals surface area contributed by atoms with Gasteiger partial charge in [-0.2, -0.15) is 0 Å². The third kappa shape index (κ3) is 1.95. The van der Waals surface area contributed by atoms with Gasteiger partial charge in [0, 0.05) is 10.9 Å². The topological polar surface area (TPSA) is 65.5 Å². The largest absolute Gasteiger partial charge is 0.481 e. The van der Waals surface area contributed by atoms with Crippen LogP contribution in [-0.2, 0) is 4.74 Å². The molecule has 0 aliphatic rings. The molecule has 2 rings (SSSR count). The van der Waals surface area contributed by atoms with E-state index in [1.54, 1.807) is 19.2 Å². The molecule has 0 aliphatic heterocycles. The van der Waals surface area contributed by atoms with Crippen molar-refractivity contribution in [2.24, 2.45) is 0 Å². The molecule has 0 atom stereocenters. The predicted molar refractivity (Wildman–Crippen MR) is 67.5 cm³/mol. The molecule has 2 aromatic heterocycles. The number of nitrogens with zero attached hydrogens (tertiary/aromatic N) is 1. The number of fused-ring (bicyclic) bond motifs is 1. The molecule has 0 radical (unpaired) electrons. The lowest BCUT2D eigenvalue weighted by Gasteiger charge is -2.01. The van der Waals surface area contributed by atoms with E-state index >= 15 is 0 Å². The predicted octanol–water partition coefficient (Wildman–Crippen LogP) is 2.29. The van der Waals surface area contributed by atoms with E-state index < -0.39 is 5.97 Å². The molecule has 0 unspecified atom stereocenters. The Hall–Kier alpha value is -1.95. The van der Waals surface area contributed by atoms with Crippen LogP contribution in [0.15, 0.2) is 12.3 Å². The molecule has 2 aromatic rings. The molecular formula is C12H11NO4S. The molecule has 0 aliphatic carbocycles. The van der Waals surface area contributed by atoms with Crippen molar-refractivity contribution in [3.8, 4) is 5.88 Å². The number of carbonyl (C=O) groups excluding carboxylic acids is 2. The summed E-state index contributed by atoms with van der Waals surface area (Å²) in [4.78, 5) is 27.3. The Morgan fingerprint density at radius 3 is 2.94 bits per heavy atom. The average Bonchev–Trinajstić information content (AvgIpc) is 2.77. The Bertz CT molecular complexity index is 605. The summed E-state index contributed by atoms with van der Waals surface area (Å²) in [6, 6.07) is 1.73. The number of hydrogen-bond acceptors (Lipinski definition) is 6. The molecule has 0 amide bonds. The zero-order valence-electron chi connectivity index (χ0n) is 9.93. The van der Waals surface area contributed by atoms with Gasteiger partial charge in [-0.3, -0.25) is 4.79 Å².